The largest absolute Gasteiger partial charge is 0.493 e. The highest BCUT2D eigenvalue weighted by Crippen LogP contribution is 2.28. The number of urea groups is 1. The van der Waals surface area contributed by atoms with Gasteiger partial charge in [-0.1, -0.05) is 24.3 Å². The predicted molar refractivity (Wildman–Crippen MR) is 115 cm³/mol. The van der Waals surface area contributed by atoms with Gasteiger partial charge in [0, 0.05) is 19.6 Å². The summed E-state index contributed by atoms with van der Waals surface area (Å²) in [5, 5.41) is 2.47. The molecule has 0 atom stereocenters. The van der Waals surface area contributed by atoms with Crippen molar-refractivity contribution in [2.45, 2.75) is 29.4 Å². The van der Waals surface area contributed by atoms with Crippen LogP contribution in [0.1, 0.15) is 18.4 Å². The maximum Gasteiger partial charge on any atom is 0.317 e. The smallest absolute Gasteiger partial charge is 0.317 e. The zero-order chi connectivity index (χ0) is 21.6. The number of amides is 2. The minimum absolute atomic E-state index is 0.161. The molecule has 1 fully saturated rings. The van der Waals surface area contributed by atoms with Crippen LogP contribution >= 0.6 is 0 Å². The van der Waals surface area contributed by atoms with Gasteiger partial charge in [0.1, 0.15) is 0 Å². The maximum atomic E-state index is 12.8. The number of nitrogens with one attached hydrogen (secondary N) is 1. The van der Waals surface area contributed by atoms with E-state index in [4.69, 9.17) is 9.47 Å². The lowest BCUT2D eigenvalue weighted by atomic mass is 10.1. The number of piperidine rings is 1. The van der Waals surface area contributed by atoms with Crippen molar-refractivity contribution in [1.29, 1.82) is 0 Å². The molecular weight excluding hydrogens is 404 g/mol. The van der Waals surface area contributed by atoms with Gasteiger partial charge in [-0.15, -0.1) is 0 Å². The number of nitrogens with zero attached hydrogens (tertiary/aromatic N) is 1. The van der Waals surface area contributed by atoms with Crippen LogP contribution in [0.4, 0.5) is 4.79 Å². The number of hydrogen-bond donors (Lipinski definition) is 1. The number of carbonyl (C=O) groups is 1. The monoisotopic (exact) mass is 432 g/mol. The molecule has 8 heteroatoms. The van der Waals surface area contributed by atoms with Gasteiger partial charge in [0.2, 0.25) is 0 Å². The number of sulfone groups is 1. The summed E-state index contributed by atoms with van der Waals surface area (Å²) < 4.78 is 36.0. The highest BCUT2D eigenvalue weighted by molar-refractivity contribution is 7.92. The highest BCUT2D eigenvalue weighted by Gasteiger charge is 2.32. The summed E-state index contributed by atoms with van der Waals surface area (Å²) >= 11 is 0. The normalized spacial score (nSPS) is 14.9. The van der Waals surface area contributed by atoms with E-state index in [0.29, 0.717) is 55.3 Å². The minimum atomic E-state index is -3.36. The first kappa shape index (κ1) is 22.0. The molecule has 1 N–H and O–H groups in total. The summed E-state index contributed by atoms with van der Waals surface area (Å²) in [6.07, 6.45) is 1.55. The molecule has 2 aromatic carbocycles. The van der Waals surface area contributed by atoms with Crippen LogP contribution in [0.2, 0.25) is 0 Å². The van der Waals surface area contributed by atoms with E-state index in [9.17, 15) is 13.2 Å². The molecule has 30 heavy (non-hydrogen) atoms. The Morgan fingerprint density at radius 3 is 2.33 bits per heavy atom. The minimum Gasteiger partial charge on any atom is -0.493 e. The van der Waals surface area contributed by atoms with Gasteiger partial charge in [-0.05, 0) is 49.1 Å². The van der Waals surface area contributed by atoms with Gasteiger partial charge in [0.15, 0.2) is 21.3 Å². The van der Waals surface area contributed by atoms with E-state index in [2.05, 4.69) is 5.32 Å². The van der Waals surface area contributed by atoms with Gasteiger partial charge in [-0.2, -0.15) is 0 Å². The average molecular weight is 433 g/mol. The number of benzene rings is 2. The molecule has 1 heterocycles. The molecule has 0 aromatic heterocycles. The van der Waals surface area contributed by atoms with Crippen molar-refractivity contribution >= 4 is 15.9 Å². The number of methoxy groups -OCH3 is 2. The van der Waals surface area contributed by atoms with Crippen molar-refractivity contribution in [3.8, 4) is 11.5 Å². The first-order valence-electron chi connectivity index (χ1n) is 9.98. The number of likely N-dealkylation sites (tertiary alicyclic amines) is 1. The topological polar surface area (TPSA) is 84.9 Å². The van der Waals surface area contributed by atoms with Crippen LogP contribution < -0.4 is 14.8 Å². The fraction of sp³-hybridized carbons (Fsp3) is 0.409. The molecule has 0 spiro atoms. The first-order valence-corrected chi connectivity index (χ1v) is 11.5. The summed E-state index contributed by atoms with van der Waals surface area (Å²) in [5.74, 6) is 1.32. The Labute approximate surface area is 177 Å². The molecule has 1 saturated heterocycles. The van der Waals surface area contributed by atoms with E-state index < -0.39 is 15.1 Å². The third-order valence-corrected chi connectivity index (χ3v) is 7.66. The van der Waals surface area contributed by atoms with Crippen molar-refractivity contribution in [2.75, 3.05) is 33.9 Å². The number of rotatable bonds is 7. The lowest BCUT2D eigenvalue weighted by molar-refractivity contribution is 0.187. The Bertz CT molecular complexity index is 955. The quantitative estimate of drug-likeness (QED) is 0.727. The lowest BCUT2D eigenvalue weighted by Gasteiger charge is -2.31. The van der Waals surface area contributed by atoms with Crippen LogP contribution in [0, 0.1) is 0 Å². The molecule has 0 bridgehead atoms. The first-order chi connectivity index (χ1) is 14.5. The Balaban J connectivity index is 1.48. The predicted octanol–water partition coefficient (Wildman–Crippen LogP) is 2.89. The van der Waals surface area contributed by atoms with Crippen molar-refractivity contribution in [3.05, 3.63) is 54.1 Å². The van der Waals surface area contributed by atoms with Crippen LogP contribution in [0.25, 0.3) is 0 Å². The third-order valence-electron chi connectivity index (χ3n) is 5.38. The van der Waals surface area contributed by atoms with Crippen LogP contribution in [0.3, 0.4) is 0 Å². The Kier molecular flexibility index (Phi) is 7.20. The van der Waals surface area contributed by atoms with E-state index in [1.807, 2.05) is 18.2 Å². The molecule has 7 nitrogen and oxygen atoms in total. The lowest BCUT2D eigenvalue weighted by Crippen LogP contribution is -2.47. The van der Waals surface area contributed by atoms with Crippen molar-refractivity contribution in [1.82, 2.24) is 10.2 Å². The second-order valence-corrected chi connectivity index (χ2v) is 9.44. The zero-order valence-corrected chi connectivity index (χ0v) is 18.2. The zero-order valence-electron chi connectivity index (χ0n) is 17.3. The number of ether oxygens (including phenoxy) is 2. The van der Waals surface area contributed by atoms with Gasteiger partial charge in [0.25, 0.3) is 0 Å². The molecule has 0 aliphatic carbocycles. The summed E-state index contributed by atoms with van der Waals surface area (Å²) in [4.78, 5) is 14.5. The van der Waals surface area contributed by atoms with Crippen LogP contribution in [-0.2, 0) is 16.3 Å². The fourth-order valence-corrected chi connectivity index (χ4v) is 5.39. The molecule has 3 rings (SSSR count). The molecule has 0 saturated carbocycles. The van der Waals surface area contributed by atoms with E-state index in [0.717, 1.165) is 5.56 Å². The molecule has 0 radical (unpaired) electrons. The molecule has 0 unspecified atom stereocenters. The number of hydrogen-bond acceptors (Lipinski definition) is 5. The second-order valence-electron chi connectivity index (χ2n) is 7.22. The maximum absolute atomic E-state index is 12.8. The van der Waals surface area contributed by atoms with Crippen LogP contribution in [0.5, 0.6) is 11.5 Å². The van der Waals surface area contributed by atoms with Gasteiger partial charge >= 0.3 is 6.03 Å². The Morgan fingerprint density at radius 1 is 1.03 bits per heavy atom. The fourth-order valence-electron chi connectivity index (χ4n) is 3.63. The third kappa shape index (κ3) is 5.05. The van der Waals surface area contributed by atoms with Crippen LogP contribution in [0.15, 0.2) is 53.4 Å². The van der Waals surface area contributed by atoms with Crippen molar-refractivity contribution in [3.63, 3.8) is 0 Å². The Hall–Kier alpha value is -2.74. The average Bonchev–Trinajstić information content (AvgIpc) is 2.79. The van der Waals surface area contributed by atoms with E-state index in [1.54, 1.807) is 49.5 Å². The molecule has 1 aliphatic rings. The van der Waals surface area contributed by atoms with Crippen LogP contribution in [-0.4, -0.2) is 58.5 Å². The second kappa shape index (κ2) is 9.84. The highest BCUT2D eigenvalue weighted by atomic mass is 32.2. The van der Waals surface area contributed by atoms with Crippen molar-refractivity contribution in [2.24, 2.45) is 0 Å². The van der Waals surface area contributed by atoms with Gasteiger partial charge in [-0.25, -0.2) is 13.2 Å². The summed E-state index contributed by atoms with van der Waals surface area (Å²) in [6.45, 7) is 1.34. The summed E-state index contributed by atoms with van der Waals surface area (Å²) in [5.41, 5.74) is 1.03. The SMILES string of the molecule is COc1ccc(CCNC(=O)N2CCC(S(=O)(=O)c3ccccc3)CC2)cc1OC. The molecule has 162 valence electrons. The molecule has 2 amide bonds. The van der Waals surface area contributed by atoms with Gasteiger partial charge in [-0.3, -0.25) is 0 Å². The number of carbonyl (C=O) groups excluding carboxylic acids is 1. The van der Waals surface area contributed by atoms with Gasteiger partial charge < -0.3 is 19.7 Å². The Morgan fingerprint density at radius 2 is 1.70 bits per heavy atom. The molecule has 1 aliphatic heterocycles. The van der Waals surface area contributed by atoms with Gasteiger partial charge in [0.05, 0.1) is 24.4 Å². The summed E-state index contributed by atoms with van der Waals surface area (Å²) in [6, 6.07) is 14.0. The van der Waals surface area contributed by atoms with E-state index in [-0.39, 0.29) is 6.03 Å². The van der Waals surface area contributed by atoms with Crippen molar-refractivity contribution < 1.29 is 22.7 Å². The van der Waals surface area contributed by atoms with E-state index in [1.165, 1.54) is 0 Å². The standard InChI is InChI=1S/C22H28N2O5S/c1-28-20-9-8-17(16-21(20)29-2)10-13-23-22(25)24-14-11-19(12-15-24)30(26,27)18-6-4-3-5-7-18/h3-9,16,19H,10-15H2,1-2H3,(H,23,25). The summed E-state index contributed by atoms with van der Waals surface area (Å²) in [7, 11) is -0.179. The van der Waals surface area contributed by atoms with E-state index >= 15 is 0 Å². The molecule has 2 aromatic rings. The molecular formula is C22H28N2O5S.